The van der Waals surface area contributed by atoms with Crippen LogP contribution in [-0.4, -0.2) is 66.6 Å². The van der Waals surface area contributed by atoms with Gasteiger partial charge in [0.25, 0.3) is 0 Å². The summed E-state index contributed by atoms with van der Waals surface area (Å²) >= 11 is 1.50. The molecular weight excluding hydrogens is 286 g/mol. The molecule has 7 heteroatoms. The zero-order valence-electron chi connectivity index (χ0n) is 12.2. The fraction of sp³-hybridized carbons (Fsp3) is 0.643. The van der Waals surface area contributed by atoms with Gasteiger partial charge in [-0.1, -0.05) is 11.8 Å². The van der Waals surface area contributed by atoms with Crippen molar-refractivity contribution in [3.63, 3.8) is 0 Å². The molecule has 1 aromatic heterocycles. The van der Waals surface area contributed by atoms with Crippen molar-refractivity contribution in [1.29, 1.82) is 5.26 Å². The van der Waals surface area contributed by atoms with Gasteiger partial charge in [-0.25, -0.2) is 9.97 Å². The van der Waals surface area contributed by atoms with Crippen molar-refractivity contribution >= 4 is 17.6 Å². The molecule has 0 aliphatic carbocycles. The van der Waals surface area contributed by atoms with Crippen molar-refractivity contribution in [2.45, 2.75) is 17.6 Å². The van der Waals surface area contributed by atoms with Crippen molar-refractivity contribution in [3.05, 3.63) is 11.8 Å². The van der Waals surface area contributed by atoms with E-state index in [9.17, 15) is 5.26 Å². The molecule has 0 N–H and O–H groups in total. The molecule has 3 heterocycles. The van der Waals surface area contributed by atoms with Gasteiger partial charge in [0.05, 0.1) is 19.4 Å². The highest BCUT2D eigenvalue weighted by molar-refractivity contribution is 7.98. The van der Waals surface area contributed by atoms with Gasteiger partial charge < -0.3 is 9.64 Å². The average molecular weight is 305 g/mol. The van der Waals surface area contributed by atoms with Gasteiger partial charge in [0.15, 0.2) is 11.0 Å². The van der Waals surface area contributed by atoms with Crippen molar-refractivity contribution in [2.75, 3.05) is 50.5 Å². The minimum absolute atomic E-state index is 0.535. The second kappa shape index (κ2) is 6.60. The predicted molar refractivity (Wildman–Crippen MR) is 81.5 cm³/mol. The zero-order chi connectivity index (χ0) is 14.7. The number of hydrogen-bond acceptors (Lipinski definition) is 7. The summed E-state index contributed by atoms with van der Waals surface area (Å²) in [5.74, 6) is 0.785. The van der Waals surface area contributed by atoms with Crippen molar-refractivity contribution < 1.29 is 4.74 Å². The zero-order valence-corrected chi connectivity index (χ0v) is 13.0. The first-order valence-electron chi connectivity index (χ1n) is 7.19. The monoisotopic (exact) mass is 305 g/mol. The smallest absolute Gasteiger partial charge is 0.189 e. The molecule has 0 radical (unpaired) electrons. The third-order valence-corrected chi connectivity index (χ3v) is 4.64. The number of nitrogens with zero attached hydrogens (tertiary/aromatic N) is 5. The Hall–Kier alpha value is -1.36. The normalized spacial score (nSPS) is 23.2. The van der Waals surface area contributed by atoms with Crippen LogP contribution in [0.4, 0.5) is 5.82 Å². The molecule has 0 saturated carbocycles. The first-order valence-corrected chi connectivity index (χ1v) is 8.42. The van der Waals surface area contributed by atoms with Crippen LogP contribution in [0.2, 0.25) is 0 Å². The maximum absolute atomic E-state index is 9.27. The third kappa shape index (κ3) is 3.12. The summed E-state index contributed by atoms with van der Waals surface area (Å²) in [6.45, 7) is 5.53. The highest BCUT2D eigenvalue weighted by Gasteiger charge is 2.30. The highest BCUT2D eigenvalue weighted by Crippen LogP contribution is 2.26. The van der Waals surface area contributed by atoms with Crippen molar-refractivity contribution in [3.8, 4) is 6.07 Å². The van der Waals surface area contributed by atoms with E-state index < -0.39 is 0 Å². The van der Waals surface area contributed by atoms with Crippen LogP contribution in [0.1, 0.15) is 12.0 Å². The fourth-order valence-corrected chi connectivity index (χ4v) is 3.29. The molecule has 2 aliphatic heterocycles. The lowest BCUT2D eigenvalue weighted by Crippen LogP contribution is -2.44. The van der Waals surface area contributed by atoms with Crippen molar-refractivity contribution in [1.82, 2.24) is 14.9 Å². The molecule has 1 unspecified atom stereocenters. The number of anilines is 1. The summed E-state index contributed by atoms with van der Waals surface area (Å²) in [4.78, 5) is 13.4. The minimum atomic E-state index is 0.535. The SMILES string of the molecule is CSc1ncc(C#N)c(N2CCC(N3CCOCC3)C2)n1. The van der Waals surface area contributed by atoms with Crippen LogP contribution in [0, 0.1) is 11.3 Å². The standard InChI is InChI=1S/C14H19N5OS/c1-21-14-16-9-11(8-15)13(17-14)19-3-2-12(10-19)18-4-6-20-7-5-18/h9,12H,2-7,10H2,1H3. The first-order chi connectivity index (χ1) is 10.3. The average Bonchev–Trinajstić information content (AvgIpc) is 3.05. The molecule has 112 valence electrons. The number of nitriles is 1. The number of thioether (sulfide) groups is 1. The topological polar surface area (TPSA) is 65.3 Å². The quantitative estimate of drug-likeness (QED) is 0.609. The Labute approximate surface area is 129 Å². The van der Waals surface area contributed by atoms with Gasteiger partial charge in [0.1, 0.15) is 11.6 Å². The van der Waals surface area contributed by atoms with Gasteiger partial charge >= 0.3 is 0 Å². The number of aromatic nitrogens is 2. The van der Waals surface area contributed by atoms with Crippen LogP contribution in [0.15, 0.2) is 11.4 Å². The van der Waals surface area contributed by atoms with E-state index in [1.807, 2.05) is 6.26 Å². The number of ether oxygens (including phenoxy) is 1. The number of rotatable bonds is 3. The highest BCUT2D eigenvalue weighted by atomic mass is 32.2. The fourth-order valence-electron chi connectivity index (χ4n) is 2.95. The summed E-state index contributed by atoms with van der Waals surface area (Å²) in [7, 11) is 0. The molecule has 0 amide bonds. The largest absolute Gasteiger partial charge is 0.379 e. The molecule has 2 saturated heterocycles. The molecule has 1 aromatic rings. The molecule has 0 spiro atoms. The maximum atomic E-state index is 9.27. The molecule has 2 aliphatic rings. The number of morpholine rings is 1. The second-order valence-electron chi connectivity index (χ2n) is 5.24. The molecule has 6 nitrogen and oxygen atoms in total. The second-order valence-corrected chi connectivity index (χ2v) is 6.02. The lowest BCUT2D eigenvalue weighted by atomic mass is 10.2. The Balaban J connectivity index is 1.74. The summed E-state index contributed by atoms with van der Waals surface area (Å²) < 4.78 is 5.42. The molecule has 21 heavy (non-hydrogen) atoms. The van der Waals surface area contributed by atoms with Gasteiger partial charge in [0.2, 0.25) is 0 Å². The first kappa shape index (κ1) is 14.6. The van der Waals surface area contributed by atoms with Gasteiger partial charge in [-0.15, -0.1) is 0 Å². The van der Waals surface area contributed by atoms with E-state index in [0.29, 0.717) is 11.6 Å². The Morgan fingerprint density at radius 2 is 2.19 bits per heavy atom. The molecule has 3 rings (SSSR count). The summed E-state index contributed by atoms with van der Waals surface area (Å²) in [5, 5.41) is 9.99. The van der Waals surface area contributed by atoms with Gasteiger partial charge in [-0.3, -0.25) is 4.90 Å². The maximum Gasteiger partial charge on any atom is 0.189 e. The third-order valence-electron chi connectivity index (χ3n) is 4.07. The summed E-state index contributed by atoms with van der Waals surface area (Å²) in [6, 6.07) is 2.74. The number of hydrogen-bond donors (Lipinski definition) is 0. The van der Waals surface area contributed by atoms with Gasteiger partial charge in [-0.2, -0.15) is 5.26 Å². The van der Waals surface area contributed by atoms with E-state index in [0.717, 1.165) is 56.8 Å². The van der Waals surface area contributed by atoms with Crippen LogP contribution < -0.4 is 4.90 Å². The molecular formula is C14H19N5OS. The van der Waals surface area contributed by atoms with Crippen molar-refractivity contribution in [2.24, 2.45) is 0 Å². The Bertz CT molecular complexity index is 541. The van der Waals surface area contributed by atoms with E-state index >= 15 is 0 Å². The van der Waals surface area contributed by atoms with Gasteiger partial charge in [0, 0.05) is 32.2 Å². The van der Waals surface area contributed by atoms with E-state index in [1.165, 1.54) is 11.8 Å². The van der Waals surface area contributed by atoms with Crippen LogP contribution in [0.5, 0.6) is 0 Å². The van der Waals surface area contributed by atoms with E-state index in [2.05, 4.69) is 25.8 Å². The molecule has 0 bridgehead atoms. The Morgan fingerprint density at radius 1 is 1.38 bits per heavy atom. The summed E-state index contributed by atoms with van der Waals surface area (Å²) in [6.07, 6.45) is 4.70. The van der Waals surface area contributed by atoms with E-state index in [4.69, 9.17) is 4.74 Å². The Kier molecular flexibility index (Phi) is 4.58. The summed E-state index contributed by atoms with van der Waals surface area (Å²) in [5.41, 5.74) is 0.565. The van der Waals surface area contributed by atoms with Crippen LogP contribution in [0.3, 0.4) is 0 Å². The van der Waals surface area contributed by atoms with Crippen LogP contribution in [0.25, 0.3) is 0 Å². The lowest BCUT2D eigenvalue weighted by molar-refractivity contribution is 0.0209. The minimum Gasteiger partial charge on any atom is -0.379 e. The molecule has 1 atom stereocenters. The van der Waals surface area contributed by atoms with E-state index in [-0.39, 0.29) is 0 Å². The molecule has 2 fully saturated rings. The predicted octanol–water partition coefficient (Wildman–Crippen LogP) is 0.981. The Morgan fingerprint density at radius 3 is 2.90 bits per heavy atom. The van der Waals surface area contributed by atoms with Crippen LogP contribution in [-0.2, 0) is 4.74 Å². The van der Waals surface area contributed by atoms with Gasteiger partial charge in [-0.05, 0) is 12.7 Å². The molecule has 0 aromatic carbocycles. The lowest BCUT2D eigenvalue weighted by Gasteiger charge is -2.32. The van der Waals surface area contributed by atoms with E-state index in [1.54, 1.807) is 6.20 Å². The van der Waals surface area contributed by atoms with Crippen LogP contribution >= 0.6 is 11.8 Å².